The molecule has 1 aromatic carbocycles. The summed E-state index contributed by atoms with van der Waals surface area (Å²) in [6, 6.07) is 9.85. The summed E-state index contributed by atoms with van der Waals surface area (Å²) in [5, 5.41) is 12.9. The third kappa shape index (κ3) is 4.86. The summed E-state index contributed by atoms with van der Waals surface area (Å²) in [5.74, 6) is -0.226. The van der Waals surface area contributed by atoms with Gasteiger partial charge in [-0.2, -0.15) is 5.26 Å². The maximum absolute atomic E-state index is 12.2. The summed E-state index contributed by atoms with van der Waals surface area (Å²) in [4.78, 5) is 26.1. The van der Waals surface area contributed by atoms with Crippen LogP contribution in [-0.4, -0.2) is 35.6 Å². The Balaban J connectivity index is 2.26. The molecule has 1 heterocycles. The van der Waals surface area contributed by atoms with Crippen LogP contribution in [0, 0.1) is 11.3 Å². The van der Waals surface area contributed by atoms with Crippen LogP contribution in [0.15, 0.2) is 39.3 Å². The highest BCUT2D eigenvalue weighted by Gasteiger charge is 2.30. The monoisotopic (exact) mass is 421 g/mol. The third-order valence-corrected chi connectivity index (χ3v) is 5.56. The molecule has 25 heavy (non-hydrogen) atoms. The Labute approximate surface area is 160 Å². The number of rotatable bonds is 6. The van der Waals surface area contributed by atoms with E-state index in [2.05, 4.69) is 27.3 Å². The highest BCUT2D eigenvalue weighted by atomic mass is 79.9. The fourth-order valence-electron chi connectivity index (χ4n) is 2.74. The lowest BCUT2D eigenvalue weighted by atomic mass is 9.87. The van der Waals surface area contributed by atoms with Crippen LogP contribution in [0.5, 0.6) is 0 Å². The van der Waals surface area contributed by atoms with Gasteiger partial charge in [-0.3, -0.25) is 9.59 Å². The zero-order valence-corrected chi connectivity index (χ0v) is 16.6. The second-order valence-corrected chi connectivity index (χ2v) is 7.47. The molecule has 0 saturated heterocycles. The molecule has 0 aliphatic carbocycles. The number of allylic oxidation sites excluding steroid dienone is 1. The number of carbonyl (C=O) groups excluding carboxylic acids is 2. The van der Waals surface area contributed by atoms with Crippen LogP contribution in [0.4, 0.5) is 0 Å². The topological polar surface area (TPSA) is 73.2 Å². The van der Waals surface area contributed by atoms with Gasteiger partial charge in [0, 0.05) is 29.9 Å². The summed E-state index contributed by atoms with van der Waals surface area (Å²) >= 11 is 4.65. The number of nitrogens with zero attached hydrogens (tertiary/aromatic N) is 2. The van der Waals surface area contributed by atoms with E-state index in [-0.39, 0.29) is 29.9 Å². The minimum absolute atomic E-state index is 0.00128. The van der Waals surface area contributed by atoms with Crippen LogP contribution >= 0.6 is 27.7 Å². The second-order valence-electron chi connectivity index (χ2n) is 5.57. The summed E-state index contributed by atoms with van der Waals surface area (Å²) in [6.45, 7) is 5.15. The average Bonchev–Trinajstić information content (AvgIpc) is 2.60. The van der Waals surface area contributed by atoms with Crippen molar-refractivity contribution in [3.8, 4) is 6.07 Å². The van der Waals surface area contributed by atoms with Crippen LogP contribution in [0.1, 0.15) is 31.7 Å². The van der Waals surface area contributed by atoms with Gasteiger partial charge in [0.1, 0.15) is 0 Å². The van der Waals surface area contributed by atoms with Gasteiger partial charge in [0.25, 0.3) is 0 Å². The normalized spacial score (nSPS) is 17.0. The van der Waals surface area contributed by atoms with E-state index in [1.165, 1.54) is 11.8 Å². The van der Waals surface area contributed by atoms with Gasteiger partial charge in [0.2, 0.25) is 11.8 Å². The zero-order chi connectivity index (χ0) is 18.4. The Bertz CT molecular complexity index is 738. The van der Waals surface area contributed by atoms with Crippen LogP contribution in [0.2, 0.25) is 0 Å². The van der Waals surface area contributed by atoms with E-state index in [0.29, 0.717) is 23.7 Å². The second kappa shape index (κ2) is 9.07. The molecule has 0 spiro atoms. The van der Waals surface area contributed by atoms with Crippen molar-refractivity contribution in [3.05, 3.63) is 44.9 Å². The number of nitrogens with one attached hydrogen (secondary N) is 1. The minimum atomic E-state index is -0.290. The van der Waals surface area contributed by atoms with Crippen LogP contribution in [0.3, 0.4) is 0 Å². The third-order valence-electron chi connectivity index (χ3n) is 4.06. The first-order valence-corrected chi connectivity index (χ1v) is 9.88. The van der Waals surface area contributed by atoms with E-state index in [9.17, 15) is 14.9 Å². The number of halogens is 1. The SMILES string of the molecule is CCN(CC)C(=O)CSC1=C(C#N)[C@@H](c2cccc(Br)c2)CC(=O)N1. The maximum Gasteiger partial charge on any atom is 0.232 e. The van der Waals surface area contributed by atoms with Gasteiger partial charge in [0.15, 0.2) is 0 Å². The van der Waals surface area contributed by atoms with Gasteiger partial charge < -0.3 is 10.2 Å². The molecule has 1 atom stereocenters. The van der Waals surface area contributed by atoms with Crippen molar-refractivity contribution in [3.63, 3.8) is 0 Å². The van der Waals surface area contributed by atoms with Crippen molar-refractivity contribution in [1.82, 2.24) is 10.2 Å². The number of hydrogen-bond acceptors (Lipinski definition) is 4. The molecule has 0 fully saturated rings. The van der Waals surface area contributed by atoms with E-state index < -0.39 is 0 Å². The first-order chi connectivity index (χ1) is 12.0. The smallest absolute Gasteiger partial charge is 0.232 e. The number of carbonyl (C=O) groups is 2. The number of benzene rings is 1. The predicted molar refractivity (Wildman–Crippen MR) is 103 cm³/mol. The van der Waals surface area contributed by atoms with Gasteiger partial charge in [-0.05, 0) is 31.5 Å². The van der Waals surface area contributed by atoms with Crippen LogP contribution < -0.4 is 5.32 Å². The predicted octanol–water partition coefficient (Wildman–Crippen LogP) is 3.39. The van der Waals surface area contributed by atoms with E-state index in [0.717, 1.165) is 10.0 Å². The van der Waals surface area contributed by atoms with Crippen LogP contribution in [-0.2, 0) is 9.59 Å². The Morgan fingerprint density at radius 3 is 2.76 bits per heavy atom. The van der Waals surface area contributed by atoms with Crippen molar-refractivity contribution < 1.29 is 9.59 Å². The fourth-order valence-corrected chi connectivity index (χ4v) is 4.14. The Morgan fingerprint density at radius 2 is 2.16 bits per heavy atom. The lowest BCUT2D eigenvalue weighted by Gasteiger charge is -2.26. The lowest BCUT2D eigenvalue weighted by molar-refractivity contribution is -0.128. The number of hydrogen-bond donors (Lipinski definition) is 1. The molecule has 0 radical (unpaired) electrons. The summed E-state index contributed by atoms with van der Waals surface area (Å²) in [6.07, 6.45) is 0.230. The van der Waals surface area contributed by atoms with Gasteiger partial charge in [-0.1, -0.05) is 39.8 Å². The quantitative estimate of drug-likeness (QED) is 0.763. The van der Waals surface area contributed by atoms with Crippen LogP contribution in [0.25, 0.3) is 0 Å². The molecule has 5 nitrogen and oxygen atoms in total. The Kier molecular flexibility index (Phi) is 7.09. The van der Waals surface area contributed by atoms with Crippen molar-refractivity contribution >= 4 is 39.5 Å². The first-order valence-electron chi connectivity index (χ1n) is 8.10. The summed E-state index contributed by atoms with van der Waals surface area (Å²) in [5.41, 5.74) is 1.42. The molecule has 7 heteroatoms. The molecule has 2 amide bonds. The molecule has 1 N–H and O–H groups in total. The molecule has 1 aliphatic rings. The van der Waals surface area contributed by atoms with Gasteiger partial charge >= 0.3 is 0 Å². The standard InChI is InChI=1S/C18H20BrN3O2S/c1-3-22(4-2)17(24)11-25-18-15(10-20)14(9-16(23)21-18)12-6-5-7-13(19)8-12/h5-8,14H,3-4,9,11H2,1-2H3,(H,21,23)/t14-/m1/s1. The molecule has 0 bridgehead atoms. The molecule has 0 saturated carbocycles. The lowest BCUT2D eigenvalue weighted by Crippen LogP contribution is -2.34. The molecular weight excluding hydrogens is 402 g/mol. The molecule has 0 unspecified atom stereocenters. The molecule has 1 aromatic rings. The average molecular weight is 422 g/mol. The molecule has 1 aliphatic heterocycles. The van der Waals surface area contributed by atoms with E-state index in [1.54, 1.807) is 4.90 Å². The molecule has 2 rings (SSSR count). The fraction of sp³-hybridized carbons (Fsp3) is 0.389. The van der Waals surface area contributed by atoms with Crippen molar-refractivity contribution in [2.24, 2.45) is 0 Å². The molecular formula is C18H20BrN3O2S. The highest BCUT2D eigenvalue weighted by molar-refractivity contribution is 9.10. The van der Waals surface area contributed by atoms with Crippen molar-refractivity contribution in [2.75, 3.05) is 18.8 Å². The highest BCUT2D eigenvalue weighted by Crippen LogP contribution is 2.36. The van der Waals surface area contributed by atoms with Gasteiger partial charge in [-0.25, -0.2) is 0 Å². The molecule has 132 valence electrons. The minimum Gasteiger partial charge on any atom is -0.343 e. The zero-order valence-electron chi connectivity index (χ0n) is 14.2. The number of nitriles is 1. The summed E-state index contributed by atoms with van der Waals surface area (Å²) in [7, 11) is 0. The van der Waals surface area contributed by atoms with E-state index in [1.807, 2.05) is 38.1 Å². The maximum atomic E-state index is 12.2. The summed E-state index contributed by atoms with van der Waals surface area (Å²) < 4.78 is 0.902. The largest absolute Gasteiger partial charge is 0.343 e. The van der Waals surface area contributed by atoms with Gasteiger partial charge in [-0.15, -0.1) is 0 Å². The van der Waals surface area contributed by atoms with E-state index in [4.69, 9.17) is 0 Å². The number of thioether (sulfide) groups is 1. The van der Waals surface area contributed by atoms with Crippen molar-refractivity contribution in [1.29, 1.82) is 5.26 Å². The van der Waals surface area contributed by atoms with Crippen molar-refractivity contribution in [2.45, 2.75) is 26.2 Å². The molecule has 0 aromatic heterocycles. The Hall–Kier alpha value is -1.78. The first kappa shape index (κ1) is 19.5. The van der Waals surface area contributed by atoms with Gasteiger partial charge in [0.05, 0.1) is 22.4 Å². The van der Waals surface area contributed by atoms with E-state index >= 15 is 0 Å². The number of amides is 2. The Morgan fingerprint density at radius 1 is 1.44 bits per heavy atom.